The number of carbonyl (C=O) groups is 2. The molecule has 3 aromatic rings. The Morgan fingerprint density at radius 1 is 1.00 bits per heavy atom. The Balaban J connectivity index is 1.57. The molecule has 7 heteroatoms. The number of ether oxygens (including phenoxy) is 1. The highest BCUT2D eigenvalue weighted by molar-refractivity contribution is 6.31. The third kappa shape index (κ3) is 5.14. The van der Waals surface area contributed by atoms with Crippen LogP contribution in [0, 0.1) is 6.92 Å². The Hall–Kier alpha value is -3.25. The van der Waals surface area contributed by atoms with E-state index in [1.807, 2.05) is 13.0 Å². The minimum absolute atomic E-state index is 0.157. The number of rotatable bonds is 6. The minimum Gasteiger partial charge on any atom is -0.486 e. The lowest BCUT2D eigenvalue weighted by atomic mass is 10.2. The quantitative estimate of drug-likeness (QED) is 0.610. The lowest BCUT2D eigenvalue weighted by Gasteiger charge is -2.07. The van der Waals surface area contributed by atoms with Crippen molar-refractivity contribution >= 4 is 34.8 Å². The van der Waals surface area contributed by atoms with Gasteiger partial charge in [-0.1, -0.05) is 11.6 Å². The van der Waals surface area contributed by atoms with Gasteiger partial charge in [-0.25, -0.2) is 0 Å². The third-order valence-corrected chi connectivity index (χ3v) is 4.28. The Morgan fingerprint density at radius 3 is 2.32 bits per heavy atom. The highest BCUT2D eigenvalue weighted by Crippen LogP contribution is 2.22. The van der Waals surface area contributed by atoms with Gasteiger partial charge in [0.05, 0.1) is 0 Å². The second-order valence-corrected chi connectivity index (χ2v) is 6.59. The van der Waals surface area contributed by atoms with Gasteiger partial charge in [-0.2, -0.15) is 0 Å². The van der Waals surface area contributed by atoms with E-state index in [4.69, 9.17) is 20.8 Å². The lowest BCUT2D eigenvalue weighted by Crippen LogP contribution is -2.11. The van der Waals surface area contributed by atoms with Gasteiger partial charge in [-0.3, -0.25) is 9.59 Å². The fourth-order valence-electron chi connectivity index (χ4n) is 2.47. The van der Waals surface area contributed by atoms with Crippen LogP contribution in [0.25, 0.3) is 0 Å². The summed E-state index contributed by atoms with van der Waals surface area (Å²) in [5.41, 5.74) is 2.16. The molecule has 0 atom stereocenters. The fraction of sp³-hybridized carbons (Fsp3) is 0.143. The number of halogens is 1. The number of nitrogens with one attached hydrogen (secondary N) is 2. The normalized spacial score (nSPS) is 10.4. The SMILES string of the molecule is CC(=O)Nc1ccc(NC(=O)c2ccc(COc3ccc(Cl)c(C)c3)o2)cc1. The Morgan fingerprint density at radius 2 is 1.68 bits per heavy atom. The number of benzene rings is 2. The molecule has 0 spiro atoms. The third-order valence-electron chi connectivity index (χ3n) is 3.86. The van der Waals surface area contributed by atoms with Crippen molar-refractivity contribution in [1.29, 1.82) is 0 Å². The first kappa shape index (κ1) is 19.5. The van der Waals surface area contributed by atoms with E-state index >= 15 is 0 Å². The summed E-state index contributed by atoms with van der Waals surface area (Å²) < 4.78 is 11.2. The van der Waals surface area contributed by atoms with Crippen LogP contribution in [0.5, 0.6) is 5.75 Å². The van der Waals surface area contributed by atoms with Gasteiger partial charge in [0.2, 0.25) is 5.91 Å². The second kappa shape index (κ2) is 8.63. The topological polar surface area (TPSA) is 80.6 Å². The van der Waals surface area contributed by atoms with Crippen LogP contribution in [0.15, 0.2) is 59.0 Å². The van der Waals surface area contributed by atoms with E-state index in [0.29, 0.717) is 27.9 Å². The first-order chi connectivity index (χ1) is 13.4. The highest BCUT2D eigenvalue weighted by atomic mass is 35.5. The van der Waals surface area contributed by atoms with E-state index in [1.54, 1.807) is 48.5 Å². The van der Waals surface area contributed by atoms with Crippen molar-refractivity contribution in [2.24, 2.45) is 0 Å². The summed E-state index contributed by atoms with van der Waals surface area (Å²) in [5.74, 6) is 0.843. The average Bonchev–Trinajstić information content (AvgIpc) is 3.13. The number of hydrogen-bond acceptors (Lipinski definition) is 4. The zero-order valence-corrected chi connectivity index (χ0v) is 16.2. The van der Waals surface area contributed by atoms with Gasteiger partial charge >= 0.3 is 0 Å². The second-order valence-electron chi connectivity index (χ2n) is 6.18. The van der Waals surface area contributed by atoms with Gasteiger partial charge in [0.25, 0.3) is 5.91 Å². The van der Waals surface area contributed by atoms with Gasteiger partial charge in [-0.05, 0) is 67.1 Å². The molecule has 0 aliphatic carbocycles. The molecule has 28 heavy (non-hydrogen) atoms. The number of carbonyl (C=O) groups excluding carboxylic acids is 2. The molecule has 0 aliphatic rings. The number of hydrogen-bond donors (Lipinski definition) is 2. The van der Waals surface area contributed by atoms with Crippen LogP contribution in [0.1, 0.15) is 28.8 Å². The van der Waals surface area contributed by atoms with Crippen LogP contribution in [0.3, 0.4) is 0 Å². The largest absolute Gasteiger partial charge is 0.486 e. The maximum atomic E-state index is 12.3. The van der Waals surface area contributed by atoms with Gasteiger partial charge in [0, 0.05) is 23.3 Å². The molecule has 0 radical (unpaired) electrons. The van der Waals surface area contributed by atoms with Crippen molar-refractivity contribution < 1.29 is 18.7 Å². The van der Waals surface area contributed by atoms with Gasteiger partial charge in [-0.15, -0.1) is 0 Å². The zero-order valence-electron chi connectivity index (χ0n) is 15.4. The molecule has 0 fully saturated rings. The molecule has 0 saturated heterocycles. The molecule has 144 valence electrons. The van der Waals surface area contributed by atoms with E-state index in [0.717, 1.165) is 5.56 Å². The van der Waals surface area contributed by atoms with Crippen molar-refractivity contribution in [2.75, 3.05) is 10.6 Å². The summed E-state index contributed by atoms with van der Waals surface area (Å²) in [6.07, 6.45) is 0. The molecule has 3 rings (SSSR count). The van der Waals surface area contributed by atoms with Crippen LogP contribution in [0.2, 0.25) is 5.02 Å². The van der Waals surface area contributed by atoms with Crippen molar-refractivity contribution in [2.45, 2.75) is 20.5 Å². The van der Waals surface area contributed by atoms with Crippen molar-refractivity contribution in [3.8, 4) is 5.75 Å². The lowest BCUT2D eigenvalue weighted by molar-refractivity contribution is -0.114. The van der Waals surface area contributed by atoms with E-state index in [2.05, 4.69) is 10.6 Å². The summed E-state index contributed by atoms with van der Waals surface area (Å²) in [7, 11) is 0. The van der Waals surface area contributed by atoms with E-state index in [-0.39, 0.29) is 24.2 Å². The molecular formula is C21H19ClN2O4. The molecule has 1 aromatic heterocycles. The number of aryl methyl sites for hydroxylation is 1. The maximum Gasteiger partial charge on any atom is 0.291 e. The number of amides is 2. The summed E-state index contributed by atoms with van der Waals surface area (Å²) in [5, 5.41) is 6.08. The molecule has 2 N–H and O–H groups in total. The molecule has 0 saturated carbocycles. The van der Waals surface area contributed by atoms with E-state index < -0.39 is 0 Å². The van der Waals surface area contributed by atoms with Crippen molar-refractivity contribution in [1.82, 2.24) is 0 Å². The van der Waals surface area contributed by atoms with Gasteiger partial charge in [0.15, 0.2) is 5.76 Å². The van der Waals surface area contributed by atoms with Crippen LogP contribution >= 0.6 is 11.6 Å². The summed E-state index contributed by atoms with van der Waals surface area (Å²) in [6.45, 7) is 3.52. The monoisotopic (exact) mass is 398 g/mol. The smallest absolute Gasteiger partial charge is 0.291 e. The number of furan rings is 1. The van der Waals surface area contributed by atoms with Gasteiger partial charge < -0.3 is 19.8 Å². The Labute approximate surface area is 167 Å². The molecular weight excluding hydrogens is 380 g/mol. The first-order valence-electron chi connectivity index (χ1n) is 8.57. The standard InChI is InChI=1S/C21H19ClN2O4/c1-13-11-17(7-9-19(13)22)27-12-18-8-10-20(28-18)21(26)24-16-5-3-15(4-6-16)23-14(2)25/h3-11H,12H2,1-2H3,(H,23,25)(H,24,26). The summed E-state index contributed by atoms with van der Waals surface area (Å²) in [4.78, 5) is 23.3. The van der Waals surface area contributed by atoms with Crippen molar-refractivity contribution in [3.05, 3.63) is 76.7 Å². The maximum absolute atomic E-state index is 12.3. The summed E-state index contributed by atoms with van der Waals surface area (Å²) in [6, 6.07) is 15.5. The predicted molar refractivity (Wildman–Crippen MR) is 108 cm³/mol. The highest BCUT2D eigenvalue weighted by Gasteiger charge is 2.12. The molecule has 2 aromatic carbocycles. The Kier molecular flexibility index (Phi) is 6.01. The molecule has 6 nitrogen and oxygen atoms in total. The molecule has 2 amide bonds. The zero-order chi connectivity index (χ0) is 20.1. The molecule has 0 bridgehead atoms. The Bertz CT molecular complexity index is 996. The van der Waals surface area contributed by atoms with Crippen LogP contribution < -0.4 is 15.4 Å². The van der Waals surface area contributed by atoms with E-state index in [9.17, 15) is 9.59 Å². The first-order valence-corrected chi connectivity index (χ1v) is 8.95. The molecule has 0 unspecified atom stereocenters. The minimum atomic E-state index is -0.374. The summed E-state index contributed by atoms with van der Waals surface area (Å²) >= 11 is 6.00. The average molecular weight is 399 g/mol. The fourth-order valence-corrected chi connectivity index (χ4v) is 2.59. The van der Waals surface area contributed by atoms with Crippen molar-refractivity contribution in [3.63, 3.8) is 0 Å². The van der Waals surface area contributed by atoms with Crippen LogP contribution in [-0.4, -0.2) is 11.8 Å². The molecule has 1 heterocycles. The van der Waals surface area contributed by atoms with Gasteiger partial charge in [0.1, 0.15) is 18.1 Å². The number of anilines is 2. The van der Waals surface area contributed by atoms with E-state index in [1.165, 1.54) is 6.92 Å². The molecule has 0 aliphatic heterocycles. The van der Waals surface area contributed by atoms with Crippen LogP contribution in [-0.2, 0) is 11.4 Å². The predicted octanol–water partition coefficient (Wildman–Crippen LogP) is 5.03. The van der Waals surface area contributed by atoms with Crippen LogP contribution in [0.4, 0.5) is 11.4 Å².